The SMILES string of the molecule is C=CC1C[C@]1(CC(=O)[C@@H]1C[C@@H](Nc2cccc3ccccc23)CN1C(C)[C@@H](C)C(C)(C)C)C(=O)NS(=O)(=O)C1CC1. The maximum absolute atomic E-state index is 14.1. The summed E-state index contributed by atoms with van der Waals surface area (Å²) in [6.45, 7) is 15.7. The van der Waals surface area contributed by atoms with Gasteiger partial charge < -0.3 is 5.32 Å². The van der Waals surface area contributed by atoms with Gasteiger partial charge in [-0.15, -0.1) is 6.58 Å². The number of likely N-dealkylation sites (tertiary alicyclic amines) is 1. The van der Waals surface area contributed by atoms with Crippen LogP contribution >= 0.6 is 0 Å². The molecule has 2 unspecified atom stereocenters. The Hall–Kier alpha value is -2.71. The normalized spacial score (nSPS) is 28.2. The lowest BCUT2D eigenvalue weighted by Crippen LogP contribution is -2.49. The molecule has 0 bridgehead atoms. The second kappa shape index (κ2) is 10.8. The van der Waals surface area contributed by atoms with Crippen molar-refractivity contribution in [1.82, 2.24) is 9.62 Å². The number of sulfonamides is 1. The smallest absolute Gasteiger partial charge is 0.240 e. The van der Waals surface area contributed by atoms with Crippen molar-refractivity contribution in [2.75, 3.05) is 11.9 Å². The fraction of sp³-hybridized carbons (Fsp3) is 0.576. The highest BCUT2D eigenvalue weighted by Gasteiger charge is 2.61. The fourth-order valence-electron chi connectivity index (χ4n) is 6.62. The van der Waals surface area contributed by atoms with Crippen molar-refractivity contribution >= 4 is 38.2 Å². The number of anilines is 1. The molecule has 0 aromatic heterocycles. The summed E-state index contributed by atoms with van der Waals surface area (Å²) in [4.78, 5) is 29.8. The minimum atomic E-state index is -3.69. The van der Waals surface area contributed by atoms with Crippen molar-refractivity contribution in [3.05, 3.63) is 55.1 Å². The van der Waals surface area contributed by atoms with E-state index in [1.807, 2.05) is 18.2 Å². The van der Waals surface area contributed by atoms with Gasteiger partial charge in [0.1, 0.15) is 0 Å². The Balaban J connectivity index is 1.39. The van der Waals surface area contributed by atoms with Crippen LogP contribution in [-0.2, 0) is 19.6 Å². The van der Waals surface area contributed by atoms with E-state index in [4.69, 9.17) is 0 Å². The van der Waals surface area contributed by atoms with E-state index in [9.17, 15) is 18.0 Å². The molecule has 2 aromatic rings. The van der Waals surface area contributed by atoms with Gasteiger partial charge in [-0.1, -0.05) is 70.2 Å². The van der Waals surface area contributed by atoms with Crippen LogP contribution in [0.5, 0.6) is 0 Å². The molecule has 3 aliphatic rings. The van der Waals surface area contributed by atoms with E-state index < -0.39 is 26.6 Å². The Kier molecular flexibility index (Phi) is 7.88. The number of nitrogens with zero attached hydrogens (tertiary/aromatic N) is 1. The highest BCUT2D eigenvalue weighted by atomic mass is 32.2. The minimum absolute atomic E-state index is 0.00324. The zero-order valence-electron chi connectivity index (χ0n) is 25.0. The number of carbonyl (C=O) groups is 2. The van der Waals surface area contributed by atoms with E-state index in [0.29, 0.717) is 38.1 Å². The second-order valence-corrected chi connectivity index (χ2v) is 15.7. The first-order valence-corrected chi connectivity index (χ1v) is 16.5. The molecule has 2 saturated carbocycles. The molecule has 2 N–H and O–H groups in total. The molecular weight excluding hydrogens is 534 g/mol. The number of fused-ring (bicyclic) bond motifs is 1. The number of carbonyl (C=O) groups excluding carboxylic acids is 2. The number of nitrogens with one attached hydrogen (secondary N) is 2. The maximum Gasteiger partial charge on any atom is 0.240 e. The number of amides is 1. The van der Waals surface area contributed by atoms with Crippen LogP contribution in [0.3, 0.4) is 0 Å². The molecular formula is C33H45N3O4S. The summed E-state index contributed by atoms with van der Waals surface area (Å²) in [7, 11) is -3.69. The van der Waals surface area contributed by atoms with E-state index >= 15 is 0 Å². The zero-order chi connectivity index (χ0) is 29.7. The summed E-state index contributed by atoms with van der Waals surface area (Å²) < 4.78 is 27.5. The van der Waals surface area contributed by atoms with Crippen molar-refractivity contribution in [3.8, 4) is 0 Å². The monoisotopic (exact) mass is 579 g/mol. The number of ketones is 1. The lowest BCUT2D eigenvalue weighted by molar-refractivity contribution is -0.132. The Morgan fingerprint density at radius 2 is 1.80 bits per heavy atom. The zero-order valence-corrected chi connectivity index (χ0v) is 25.8. The third-order valence-corrected chi connectivity index (χ3v) is 11.9. The van der Waals surface area contributed by atoms with Crippen LogP contribution in [0.2, 0.25) is 0 Å². The number of hydrogen-bond acceptors (Lipinski definition) is 6. The molecule has 1 amide bonds. The van der Waals surface area contributed by atoms with Gasteiger partial charge in [-0.3, -0.25) is 19.2 Å². The van der Waals surface area contributed by atoms with E-state index in [1.54, 1.807) is 6.08 Å². The Morgan fingerprint density at radius 3 is 2.44 bits per heavy atom. The third-order valence-electron chi connectivity index (χ3n) is 10.0. The number of allylic oxidation sites excluding steroid dienone is 1. The number of rotatable bonds is 11. The molecule has 222 valence electrons. The first-order valence-electron chi connectivity index (χ1n) is 15.0. The van der Waals surface area contributed by atoms with Crippen LogP contribution in [0.4, 0.5) is 5.69 Å². The first-order chi connectivity index (χ1) is 19.3. The van der Waals surface area contributed by atoms with Gasteiger partial charge in [0.25, 0.3) is 0 Å². The standard InChI is InChI=1S/C33H45N3O4S/c1-7-24-18-33(24,31(38)35-41(39,40)26-15-16-26)19-30(37)29-17-25(20-36(29)22(3)21(2)32(4,5)6)34-28-14-10-12-23-11-8-9-13-27(23)28/h7-14,21-22,24-26,29,34H,1,15-20H2,2-6H3,(H,35,38)/t21-,22?,24?,25-,29+,33-/m1/s1. The summed E-state index contributed by atoms with van der Waals surface area (Å²) in [5, 5.41) is 5.55. The van der Waals surface area contributed by atoms with Gasteiger partial charge in [0.15, 0.2) is 5.78 Å². The van der Waals surface area contributed by atoms with Gasteiger partial charge in [-0.2, -0.15) is 0 Å². The van der Waals surface area contributed by atoms with Crippen LogP contribution in [0.25, 0.3) is 10.8 Å². The van der Waals surface area contributed by atoms with Crippen LogP contribution in [0.15, 0.2) is 55.1 Å². The Labute approximate surface area is 245 Å². The second-order valence-electron chi connectivity index (χ2n) is 13.7. The maximum atomic E-state index is 14.1. The number of benzene rings is 2. The Morgan fingerprint density at radius 1 is 1.12 bits per heavy atom. The lowest BCUT2D eigenvalue weighted by Gasteiger charge is -2.40. The van der Waals surface area contributed by atoms with Gasteiger partial charge in [0.2, 0.25) is 15.9 Å². The summed E-state index contributed by atoms with van der Waals surface area (Å²) >= 11 is 0. The lowest BCUT2D eigenvalue weighted by atomic mass is 9.77. The highest BCUT2D eigenvalue weighted by molar-refractivity contribution is 7.90. The molecule has 1 saturated heterocycles. The average Bonchev–Trinajstić information content (AvgIpc) is 3.84. The summed E-state index contributed by atoms with van der Waals surface area (Å²) in [6.07, 6.45) is 3.94. The van der Waals surface area contributed by atoms with Gasteiger partial charge in [0, 0.05) is 36.1 Å². The average molecular weight is 580 g/mol. The molecule has 5 rings (SSSR count). The number of Topliss-reactive ketones (excluding diaryl/α,β-unsaturated/α-hetero) is 1. The van der Waals surface area contributed by atoms with Gasteiger partial charge in [-0.25, -0.2) is 8.42 Å². The quantitative estimate of drug-likeness (QED) is 0.340. The summed E-state index contributed by atoms with van der Waals surface area (Å²) in [6, 6.07) is 14.3. The molecule has 2 aliphatic carbocycles. The molecule has 7 nitrogen and oxygen atoms in total. The highest BCUT2D eigenvalue weighted by Crippen LogP contribution is 2.57. The van der Waals surface area contributed by atoms with E-state index in [0.717, 1.165) is 16.5 Å². The molecule has 1 aliphatic heterocycles. The molecule has 1 heterocycles. The van der Waals surface area contributed by atoms with Crippen molar-refractivity contribution in [2.45, 2.75) is 90.1 Å². The van der Waals surface area contributed by atoms with Crippen molar-refractivity contribution in [2.24, 2.45) is 22.7 Å². The van der Waals surface area contributed by atoms with Crippen molar-refractivity contribution in [1.29, 1.82) is 0 Å². The van der Waals surface area contributed by atoms with Crippen LogP contribution < -0.4 is 10.0 Å². The predicted octanol–water partition coefficient (Wildman–Crippen LogP) is 5.53. The molecule has 8 heteroatoms. The molecule has 0 spiro atoms. The van der Waals surface area contributed by atoms with Crippen LogP contribution in [0.1, 0.15) is 66.7 Å². The van der Waals surface area contributed by atoms with E-state index in [2.05, 4.69) is 80.4 Å². The largest absolute Gasteiger partial charge is 0.380 e. The molecule has 3 fully saturated rings. The van der Waals surface area contributed by atoms with E-state index in [-0.39, 0.29) is 41.7 Å². The van der Waals surface area contributed by atoms with Crippen molar-refractivity contribution in [3.63, 3.8) is 0 Å². The Bertz CT molecular complexity index is 1440. The molecule has 6 atom stereocenters. The molecule has 41 heavy (non-hydrogen) atoms. The first kappa shape index (κ1) is 29.8. The van der Waals surface area contributed by atoms with Crippen molar-refractivity contribution < 1.29 is 18.0 Å². The third kappa shape index (κ3) is 5.96. The molecule has 0 radical (unpaired) electrons. The summed E-state index contributed by atoms with van der Waals surface area (Å²) in [5.74, 6) is -0.430. The van der Waals surface area contributed by atoms with Gasteiger partial charge >= 0.3 is 0 Å². The number of hydrogen-bond donors (Lipinski definition) is 2. The van der Waals surface area contributed by atoms with Gasteiger partial charge in [0.05, 0.1) is 16.7 Å². The molecule has 2 aromatic carbocycles. The summed E-state index contributed by atoms with van der Waals surface area (Å²) in [5.41, 5.74) is 0.0660. The van der Waals surface area contributed by atoms with Crippen LogP contribution in [-0.4, -0.2) is 54.9 Å². The fourth-order valence-corrected chi connectivity index (χ4v) is 8.01. The van der Waals surface area contributed by atoms with Crippen LogP contribution in [0, 0.1) is 22.7 Å². The van der Waals surface area contributed by atoms with Gasteiger partial charge in [-0.05, 0) is 61.3 Å². The topological polar surface area (TPSA) is 95.6 Å². The predicted molar refractivity (Wildman–Crippen MR) is 165 cm³/mol. The minimum Gasteiger partial charge on any atom is -0.380 e. The van der Waals surface area contributed by atoms with E-state index in [1.165, 1.54) is 0 Å².